The minimum absolute atomic E-state index is 0.0851. The Balaban J connectivity index is 1.89. The third kappa shape index (κ3) is 11.0. The number of hydrogen-bond donors (Lipinski definition) is 2. The second-order valence-electron chi connectivity index (χ2n) is 7.80. The summed E-state index contributed by atoms with van der Waals surface area (Å²) < 4.78 is 0. The van der Waals surface area contributed by atoms with E-state index in [9.17, 15) is 15.0 Å². The maximum atomic E-state index is 12.1. The highest BCUT2D eigenvalue weighted by molar-refractivity contribution is 5.99. The van der Waals surface area contributed by atoms with Gasteiger partial charge < -0.3 is 10.2 Å². The summed E-state index contributed by atoms with van der Waals surface area (Å²) in [5, 5.41) is 19.2. The van der Waals surface area contributed by atoms with Crippen LogP contribution in [-0.2, 0) is 0 Å². The molecule has 3 heteroatoms. The molecule has 0 heterocycles. The van der Waals surface area contributed by atoms with Gasteiger partial charge in [0.2, 0.25) is 0 Å². The minimum atomic E-state index is -0.288. The quantitative estimate of drug-likeness (QED) is 0.168. The molecule has 1 rings (SSSR count). The maximum Gasteiger partial charge on any atom is 0.168 e. The summed E-state index contributed by atoms with van der Waals surface area (Å²) in [7, 11) is 0. The summed E-state index contributed by atoms with van der Waals surface area (Å²) >= 11 is 0. The number of unbranched alkanes of at least 4 members (excludes halogenated alkanes) is 14. The Bertz CT molecular complexity index is 510. The number of ketones is 1. The van der Waals surface area contributed by atoms with Gasteiger partial charge in [0, 0.05) is 6.42 Å². The molecule has 0 saturated heterocycles. The monoisotopic (exact) mass is 376 g/mol. The molecule has 0 atom stereocenters. The van der Waals surface area contributed by atoms with Gasteiger partial charge in [0.05, 0.1) is 5.56 Å². The molecule has 0 amide bonds. The van der Waals surface area contributed by atoms with Crippen LogP contribution in [0.2, 0.25) is 0 Å². The van der Waals surface area contributed by atoms with Gasteiger partial charge in [-0.25, -0.2) is 0 Å². The van der Waals surface area contributed by atoms with E-state index in [2.05, 4.69) is 6.92 Å². The maximum absolute atomic E-state index is 12.1. The number of aromatic hydroxyl groups is 2. The lowest BCUT2D eigenvalue weighted by Gasteiger charge is -2.05. The van der Waals surface area contributed by atoms with Crippen molar-refractivity contribution in [3.8, 4) is 11.5 Å². The fourth-order valence-electron chi connectivity index (χ4n) is 3.55. The van der Waals surface area contributed by atoms with E-state index >= 15 is 0 Å². The van der Waals surface area contributed by atoms with Crippen molar-refractivity contribution < 1.29 is 15.0 Å². The molecule has 0 spiro atoms. The molecular formula is C24H40O3. The molecule has 27 heavy (non-hydrogen) atoms. The van der Waals surface area contributed by atoms with Crippen LogP contribution in [0.4, 0.5) is 0 Å². The van der Waals surface area contributed by atoms with E-state index in [-0.39, 0.29) is 22.8 Å². The molecule has 0 radical (unpaired) electrons. The lowest BCUT2D eigenvalue weighted by molar-refractivity contribution is 0.0976. The average molecular weight is 377 g/mol. The van der Waals surface area contributed by atoms with Crippen molar-refractivity contribution in [3.63, 3.8) is 0 Å². The highest BCUT2D eigenvalue weighted by atomic mass is 16.3. The smallest absolute Gasteiger partial charge is 0.168 e. The van der Waals surface area contributed by atoms with E-state index in [4.69, 9.17) is 0 Å². The van der Waals surface area contributed by atoms with Gasteiger partial charge in [-0.3, -0.25) is 4.79 Å². The molecule has 0 aliphatic rings. The zero-order valence-electron chi connectivity index (χ0n) is 17.3. The first-order valence-corrected chi connectivity index (χ1v) is 11.2. The van der Waals surface area contributed by atoms with Crippen molar-refractivity contribution in [2.24, 2.45) is 0 Å². The van der Waals surface area contributed by atoms with E-state index in [1.165, 1.54) is 89.5 Å². The highest BCUT2D eigenvalue weighted by Crippen LogP contribution is 2.29. The van der Waals surface area contributed by atoms with Gasteiger partial charge in [0.25, 0.3) is 0 Å². The van der Waals surface area contributed by atoms with Crippen molar-refractivity contribution in [3.05, 3.63) is 23.8 Å². The fourth-order valence-corrected chi connectivity index (χ4v) is 3.55. The van der Waals surface area contributed by atoms with E-state index in [0.717, 1.165) is 12.8 Å². The van der Waals surface area contributed by atoms with E-state index in [1.807, 2.05) is 0 Å². The van der Waals surface area contributed by atoms with Crippen LogP contribution in [0.3, 0.4) is 0 Å². The van der Waals surface area contributed by atoms with Crippen molar-refractivity contribution in [2.75, 3.05) is 0 Å². The Labute approximate surface area is 166 Å². The average Bonchev–Trinajstić information content (AvgIpc) is 2.67. The normalized spacial score (nSPS) is 11.0. The minimum Gasteiger partial charge on any atom is -0.504 e. The molecule has 0 aliphatic heterocycles. The molecule has 154 valence electrons. The largest absolute Gasteiger partial charge is 0.504 e. The van der Waals surface area contributed by atoms with Crippen LogP contribution < -0.4 is 0 Å². The van der Waals surface area contributed by atoms with Gasteiger partial charge in [-0.2, -0.15) is 0 Å². The molecule has 0 unspecified atom stereocenters. The molecule has 1 aromatic rings. The van der Waals surface area contributed by atoms with Crippen LogP contribution in [0, 0.1) is 0 Å². The second-order valence-corrected chi connectivity index (χ2v) is 7.80. The SMILES string of the molecule is CCCCCCCCCCCCCCCCCC(=O)c1cccc(O)c1O. The number of Topliss-reactive ketones (excluding diaryl/α,β-unsaturated/α-hetero) is 1. The lowest BCUT2D eigenvalue weighted by Crippen LogP contribution is -1.99. The number of para-hydroxylation sites is 1. The molecular weight excluding hydrogens is 336 g/mol. The highest BCUT2D eigenvalue weighted by Gasteiger charge is 2.13. The number of carbonyl (C=O) groups is 1. The van der Waals surface area contributed by atoms with Gasteiger partial charge in [-0.05, 0) is 18.6 Å². The van der Waals surface area contributed by atoms with Gasteiger partial charge in [-0.15, -0.1) is 0 Å². The predicted molar refractivity (Wildman–Crippen MR) is 114 cm³/mol. The summed E-state index contributed by atoms with van der Waals surface area (Å²) in [5.41, 5.74) is 0.236. The van der Waals surface area contributed by atoms with E-state index in [1.54, 1.807) is 12.1 Å². The zero-order chi connectivity index (χ0) is 19.7. The molecule has 1 aromatic carbocycles. The second kappa shape index (κ2) is 15.5. The van der Waals surface area contributed by atoms with Gasteiger partial charge in [0.1, 0.15) is 0 Å². The Morgan fingerprint density at radius 1 is 0.704 bits per heavy atom. The first kappa shape index (κ1) is 23.5. The molecule has 3 nitrogen and oxygen atoms in total. The Morgan fingerprint density at radius 2 is 1.15 bits per heavy atom. The van der Waals surface area contributed by atoms with Crippen LogP contribution in [0.5, 0.6) is 11.5 Å². The summed E-state index contributed by atoms with van der Waals surface area (Å²) in [6.07, 6.45) is 20.0. The molecule has 0 fully saturated rings. The zero-order valence-corrected chi connectivity index (χ0v) is 17.3. The predicted octanol–water partition coefficient (Wildman–Crippen LogP) is 7.54. The van der Waals surface area contributed by atoms with Crippen LogP contribution in [0.1, 0.15) is 120 Å². The third-order valence-electron chi connectivity index (χ3n) is 5.32. The van der Waals surface area contributed by atoms with Crippen LogP contribution in [0.25, 0.3) is 0 Å². The Hall–Kier alpha value is -1.51. The molecule has 2 N–H and O–H groups in total. The molecule has 0 aliphatic carbocycles. The summed E-state index contributed by atoms with van der Waals surface area (Å²) in [4.78, 5) is 12.1. The van der Waals surface area contributed by atoms with Crippen molar-refractivity contribution in [1.82, 2.24) is 0 Å². The van der Waals surface area contributed by atoms with Crippen LogP contribution in [-0.4, -0.2) is 16.0 Å². The lowest BCUT2D eigenvalue weighted by atomic mass is 10.0. The van der Waals surface area contributed by atoms with Crippen LogP contribution in [0.15, 0.2) is 18.2 Å². The van der Waals surface area contributed by atoms with Crippen LogP contribution >= 0.6 is 0 Å². The summed E-state index contributed by atoms with van der Waals surface area (Å²) in [6, 6.07) is 4.55. The number of rotatable bonds is 17. The molecule has 0 saturated carbocycles. The van der Waals surface area contributed by atoms with E-state index in [0.29, 0.717) is 6.42 Å². The van der Waals surface area contributed by atoms with Gasteiger partial charge in [-0.1, -0.05) is 103 Å². The topological polar surface area (TPSA) is 57.5 Å². The summed E-state index contributed by atoms with van der Waals surface area (Å²) in [6.45, 7) is 2.27. The molecule has 0 bridgehead atoms. The number of hydrogen-bond acceptors (Lipinski definition) is 3. The molecule has 0 aromatic heterocycles. The number of phenolic OH excluding ortho intramolecular Hbond substituents is 2. The van der Waals surface area contributed by atoms with E-state index < -0.39 is 0 Å². The van der Waals surface area contributed by atoms with Crippen molar-refractivity contribution >= 4 is 5.78 Å². The number of benzene rings is 1. The fraction of sp³-hybridized carbons (Fsp3) is 0.708. The number of carbonyl (C=O) groups excluding carboxylic acids is 1. The van der Waals surface area contributed by atoms with Crippen molar-refractivity contribution in [1.29, 1.82) is 0 Å². The first-order valence-electron chi connectivity index (χ1n) is 11.2. The third-order valence-corrected chi connectivity index (χ3v) is 5.32. The van der Waals surface area contributed by atoms with Gasteiger partial charge in [0.15, 0.2) is 17.3 Å². The number of phenols is 2. The Kier molecular flexibility index (Phi) is 13.5. The van der Waals surface area contributed by atoms with Crippen molar-refractivity contribution in [2.45, 2.75) is 110 Å². The first-order chi connectivity index (χ1) is 13.2. The van der Waals surface area contributed by atoms with Gasteiger partial charge >= 0.3 is 0 Å². The summed E-state index contributed by atoms with van der Waals surface area (Å²) in [5.74, 6) is -0.598. The standard InChI is InChI=1S/C24H40O3/c1-2-3-4-5-6-7-8-9-10-11-12-13-14-15-16-19-22(25)21-18-17-20-23(26)24(21)27/h17-18,20,26-27H,2-16,19H2,1H3. The Morgan fingerprint density at radius 3 is 1.63 bits per heavy atom.